The van der Waals surface area contributed by atoms with E-state index in [4.69, 9.17) is 9.47 Å². The number of hydrogen-bond donors (Lipinski definition) is 0. The third kappa shape index (κ3) is 4.25. The third-order valence-corrected chi connectivity index (χ3v) is 7.79. The largest absolute Gasteiger partial charge is 0.497 e. The van der Waals surface area contributed by atoms with E-state index < -0.39 is 0 Å². The van der Waals surface area contributed by atoms with Crippen LogP contribution in [0.4, 0.5) is 0 Å². The van der Waals surface area contributed by atoms with Crippen molar-refractivity contribution in [2.24, 2.45) is 0 Å². The van der Waals surface area contributed by atoms with Gasteiger partial charge in [0.15, 0.2) is 0 Å². The molecule has 2 atom stereocenters. The summed E-state index contributed by atoms with van der Waals surface area (Å²) in [6.45, 7) is 1.00. The molecule has 2 aliphatic rings. The van der Waals surface area contributed by atoms with Gasteiger partial charge in [-0.15, -0.1) is 23.5 Å². The van der Waals surface area contributed by atoms with Crippen LogP contribution in [0, 0.1) is 0 Å². The number of rotatable bonds is 7. The van der Waals surface area contributed by atoms with Gasteiger partial charge in [0.25, 0.3) is 0 Å². The highest BCUT2D eigenvalue weighted by Gasteiger charge is 2.37. The van der Waals surface area contributed by atoms with Crippen molar-refractivity contribution >= 4 is 35.3 Å². The van der Waals surface area contributed by atoms with Crippen LogP contribution in [0.25, 0.3) is 0 Å². The molecule has 0 aliphatic carbocycles. The molecule has 2 heterocycles. The molecule has 0 saturated carbocycles. The van der Waals surface area contributed by atoms with E-state index in [-0.39, 0.29) is 22.6 Å². The molecule has 0 spiro atoms. The molecule has 4 rings (SSSR count). The monoisotopic (exact) mass is 444 g/mol. The van der Waals surface area contributed by atoms with Crippen molar-refractivity contribution in [1.82, 2.24) is 9.80 Å². The molecule has 0 radical (unpaired) electrons. The smallest absolute Gasteiger partial charge is 0.233 e. The van der Waals surface area contributed by atoms with Crippen LogP contribution in [-0.2, 0) is 9.59 Å². The molecule has 0 aromatic heterocycles. The fraction of sp³-hybridized carbons (Fsp3) is 0.364. The normalized spacial score (nSPS) is 21.4. The minimum atomic E-state index is -0.0618. The Balaban J connectivity index is 1.49. The number of carbonyl (C=O) groups excluding carboxylic acids is 2. The van der Waals surface area contributed by atoms with Gasteiger partial charge in [-0.3, -0.25) is 9.59 Å². The average molecular weight is 445 g/mol. The molecule has 8 heteroatoms. The van der Waals surface area contributed by atoms with Gasteiger partial charge in [0.1, 0.15) is 22.2 Å². The first-order valence-corrected chi connectivity index (χ1v) is 11.8. The summed E-state index contributed by atoms with van der Waals surface area (Å²) in [6, 6.07) is 15.6. The minimum absolute atomic E-state index is 0.0618. The first-order chi connectivity index (χ1) is 14.6. The topological polar surface area (TPSA) is 59.1 Å². The van der Waals surface area contributed by atoms with Crippen LogP contribution in [0.2, 0.25) is 0 Å². The van der Waals surface area contributed by atoms with E-state index in [9.17, 15) is 9.59 Å². The van der Waals surface area contributed by atoms with Crippen molar-refractivity contribution in [3.05, 3.63) is 59.7 Å². The number of thioether (sulfide) groups is 2. The van der Waals surface area contributed by atoms with Crippen LogP contribution in [0.5, 0.6) is 11.5 Å². The summed E-state index contributed by atoms with van der Waals surface area (Å²) < 4.78 is 10.7. The number of amides is 2. The van der Waals surface area contributed by atoms with E-state index in [1.54, 1.807) is 37.7 Å². The van der Waals surface area contributed by atoms with Crippen LogP contribution in [-0.4, -0.2) is 60.4 Å². The van der Waals surface area contributed by atoms with Gasteiger partial charge >= 0.3 is 0 Å². The zero-order valence-corrected chi connectivity index (χ0v) is 18.6. The Morgan fingerprint density at radius 2 is 1.23 bits per heavy atom. The average Bonchev–Trinajstić information content (AvgIpc) is 3.34. The Labute approximate surface area is 184 Å². The van der Waals surface area contributed by atoms with E-state index in [1.807, 2.05) is 58.3 Å². The fourth-order valence-corrected chi connectivity index (χ4v) is 6.17. The summed E-state index contributed by atoms with van der Waals surface area (Å²) in [4.78, 5) is 28.9. The van der Waals surface area contributed by atoms with Gasteiger partial charge in [-0.05, 0) is 35.4 Å². The number of benzene rings is 2. The molecular formula is C22H24N2O4S2. The first-order valence-electron chi connectivity index (χ1n) is 9.71. The molecule has 6 nitrogen and oxygen atoms in total. The van der Waals surface area contributed by atoms with Crippen LogP contribution in [0.15, 0.2) is 48.5 Å². The highest BCUT2D eigenvalue weighted by molar-refractivity contribution is 8.00. The molecular weight excluding hydrogens is 420 g/mol. The van der Waals surface area contributed by atoms with Crippen molar-refractivity contribution in [3.8, 4) is 11.5 Å². The molecule has 2 aliphatic heterocycles. The third-order valence-electron chi connectivity index (χ3n) is 5.28. The molecule has 0 bridgehead atoms. The molecule has 2 amide bonds. The van der Waals surface area contributed by atoms with Crippen molar-refractivity contribution < 1.29 is 19.1 Å². The maximum Gasteiger partial charge on any atom is 0.233 e. The van der Waals surface area contributed by atoms with E-state index in [1.165, 1.54) is 0 Å². The van der Waals surface area contributed by atoms with Gasteiger partial charge in [0, 0.05) is 13.1 Å². The zero-order valence-electron chi connectivity index (χ0n) is 16.9. The Hall–Kier alpha value is -2.32. The molecule has 158 valence electrons. The number of carbonyl (C=O) groups is 2. The standard InChI is InChI=1S/C22H24N2O4S2/c1-27-17-7-3-5-15(11-17)21-23(19(25)13-29-21)9-10-24-20(26)14-30-22(24)16-6-4-8-18(12-16)28-2/h3-8,11-12,21-22H,9-10,13-14H2,1-2H3/t21-,22-/m0/s1. The number of ether oxygens (including phenoxy) is 2. The zero-order chi connectivity index (χ0) is 21.1. The lowest BCUT2D eigenvalue weighted by Gasteiger charge is -2.29. The first kappa shape index (κ1) is 20.9. The lowest BCUT2D eigenvalue weighted by Crippen LogP contribution is -2.39. The summed E-state index contributed by atoms with van der Waals surface area (Å²) in [6.07, 6.45) is 0. The predicted molar refractivity (Wildman–Crippen MR) is 120 cm³/mol. The Bertz CT molecular complexity index is 863. The van der Waals surface area contributed by atoms with Gasteiger partial charge in [-0.25, -0.2) is 0 Å². The van der Waals surface area contributed by atoms with Crippen molar-refractivity contribution in [2.45, 2.75) is 10.7 Å². The SMILES string of the molecule is COc1cccc([C@@H]2SCC(=O)N2CCN2C(=O)CS[C@H]2c2cccc(OC)c2)c1. The quantitative estimate of drug-likeness (QED) is 0.651. The summed E-state index contributed by atoms with van der Waals surface area (Å²) in [5.41, 5.74) is 2.08. The van der Waals surface area contributed by atoms with Gasteiger partial charge in [-0.1, -0.05) is 24.3 Å². The molecule has 30 heavy (non-hydrogen) atoms. The highest BCUT2D eigenvalue weighted by atomic mass is 32.2. The van der Waals surface area contributed by atoms with Crippen LogP contribution in [0.1, 0.15) is 21.9 Å². The second kappa shape index (κ2) is 9.22. The Kier molecular flexibility index (Phi) is 6.43. The Morgan fingerprint density at radius 3 is 1.63 bits per heavy atom. The second-order valence-electron chi connectivity index (χ2n) is 7.05. The van der Waals surface area contributed by atoms with E-state index in [0.29, 0.717) is 24.6 Å². The van der Waals surface area contributed by atoms with Crippen molar-refractivity contribution in [3.63, 3.8) is 0 Å². The van der Waals surface area contributed by atoms with Crippen molar-refractivity contribution in [2.75, 3.05) is 38.8 Å². The van der Waals surface area contributed by atoms with Gasteiger partial charge in [-0.2, -0.15) is 0 Å². The minimum Gasteiger partial charge on any atom is -0.497 e. The summed E-state index contributed by atoms with van der Waals surface area (Å²) in [7, 11) is 3.28. The second-order valence-corrected chi connectivity index (χ2v) is 9.19. The Morgan fingerprint density at radius 1 is 0.800 bits per heavy atom. The van der Waals surface area contributed by atoms with Crippen LogP contribution in [0.3, 0.4) is 0 Å². The molecule has 2 aromatic carbocycles. The molecule has 2 saturated heterocycles. The molecule has 0 unspecified atom stereocenters. The molecule has 2 aromatic rings. The van der Waals surface area contributed by atoms with E-state index >= 15 is 0 Å². The van der Waals surface area contributed by atoms with E-state index in [0.717, 1.165) is 22.6 Å². The molecule has 2 fully saturated rings. The maximum absolute atomic E-state index is 12.6. The van der Waals surface area contributed by atoms with Gasteiger partial charge < -0.3 is 19.3 Å². The number of nitrogens with zero attached hydrogens (tertiary/aromatic N) is 2. The maximum atomic E-state index is 12.6. The van der Waals surface area contributed by atoms with E-state index in [2.05, 4.69) is 0 Å². The molecule has 0 N–H and O–H groups in total. The lowest BCUT2D eigenvalue weighted by atomic mass is 10.2. The summed E-state index contributed by atoms with van der Waals surface area (Å²) >= 11 is 3.22. The number of hydrogen-bond acceptors (Lipinski definition) is 6. The predicted octanol–water partition coefficient (Wildman–Crippen LogP) is 3.55. The van der Waals surface area contributed by atoms with Crippen LogP contribution >= 0.6 is 23.5 Å². The highest BCUT2D eigenvalue weighted by Crippen LogP contribution is 2.42. The van der Waals surface area contributed by atoms with Gasteiger partial charge in [0.05, 0.1) is 25.7 Å². The van der Waals surface area contributed by atoms with Crippen LogP contribution < -0.4 is 9.47 Å². The number of methoxy groups -OCH3 is 2. The summed E-state index contributed by atoms with van der Waals surface area (Å²) in [5.74, 6) is 2.65. The fourth-order valence-electron chi connectivity index (χ4n) is 3.75. The summed E-state index contributed by atoms with van der Waals surface area (Å²) in [5, 5.41) is -0.124. The van der Waals surface area contributed by atoms with Crippen molar-refractivity contribution in [1.29, 1.82) is 0 Å². The lowest BCUT2D eigenvalue weighted by molar-refractivity contribution is -0.132. The van der Waals surface area contributed by atoms with Gasteiger partial charge in [0.2, 0.25) is 11.8 Å².